The minimum absolute atomic E-state index is 0.457. The molecule has 1 amide bonds. The first-order chi connectivity index (χ1) is 7.61. The van der Waals surface area contributed by atoms with Gasteiger partial charge in [-0.3, -0.25) is 4.90 Å². The third-order valence-electron chi connectivity index (χ3n) is 2.14. The maximum absolute atomic E-state index is 11.6. The van der Waals surface area contributed by atoms with Crippen LogP contribution in [0.2, 0.25) is 0 Å². The lowest BCUT2D eigenvalue weighted by Gasteiger charge is -2.22. The summed E-state index contributed by atoms with van der Waals surface area (Å²) in [7, 11) is 1.34. The number of para-hydroxylation sites is 1. The maximum Gasteiger partial charge on any atom is 0.418 e. The van der Waals surface area contributed by atoms with Gasteiger partial charge in [0.15, 0.2) is 0 Å². The van der Waals surface area contributed by atoms with Crippen molar-refractivity contribution in [3.63, 3.8) is 0 Å². The van der Waals surface area contributed by atoms with E-state index < -0.39 is 6.09 Å². The predicted molar refractivity (Wildman–Crippen MR) is 66.2 cm³/mol. The van der Waals surface area contributed by atoms with Crippen LogP contribution in [0.25, 0.3) is 6.08 Å². The Morgan fingerprint density at radius 3 is 2.56 bits per heavy atom. The lowest BCUT2D eigenvalue weighted by Crippen LogP contribution is -2.29. The van der Waals surface area contributed by atoms with E-state index in [0.717, 1.165) is 11.3 Å². The molecule has 0 aliphatic rings. The molecule has 3 heteroatoms. The zero-order valence-corrected chi connectivity index (χ0v) is 9.56. The Bertz CT molecular complexity index is 424. The van der Waals surface area contributed by atoms with Gasteiger partial charge in [0.05, 0.1) is 12.8 Å². The van der Waals surface area contributed by atoms with Crippen LogP contribution >= 0.6 is 0 Å². The van der Waals surface area contributed by atoms with Crippen molar-refractivity contribution in [2.45, 2.75) is 6.92 Å². The van der Waals surface area contributed by atoms with Crippen LogP contribution in [-0.4, -0.2) is 13.2 Å². The van der Waals surface area contributed by atoms with Crippen LogP contribution in [0.3, 0.4) is 0 Å². The number of amides is 1. The average molecular weight is 217 g/mol. The normalized spacial score (nSPS) is 9.38. The van der Waals surface area contributed by atoms with Crippen molar-refractivity contribution in [2.24, 2.45) is 0 Å². The van der Waals surface area contributed by atoms with E-state index in [-0.39, 0.29) is 0 Å². The number of allylic oxidation sites excluding steroid dienone is 1. The molecule has 0 saturated carbocycles. The Morgan fingerprint density at radius 2 is 2.06 bits per heavy atom. The maximum atomic E-state index is 11.6. The number of carbonyl (C=O) groups excluding carboxylic acids is 1. The highest BCUT2D eigenvalue weighted by atomic mass is 16.5. The van der Waals surface area contributed by atoms with Crippen LogP contribution in [0.5, 0.6) is 0 Å². The molecule has 0 N–H and O–H groups in total. The van der Waals surface area contributed by atoms with Gasteiger partial charge >= 0.3 is 6.09 Å². The van der Waals surface area contributed by atoms with Crippen molar-refractivity contribution >= 4 is 17.9 Å². The molecule has 16 heavy (non-hydrogen) atoms. The number of anilines is 1. The molecule has 0 aromatic heterocycles. The number of benzene rings is 1. The fourth-order valence-electron chi connectivity index (χ4n) is 1.41. The van der Waals surface area contributed by atoms with Gasteiger partial charge in [-0.15, -0.1) is 0 Å². The molecule has 0 aliphatic heterocycles. The summed E-state index contributed by atoms with van der Waals surface area (Å²) in [6.45, 7) is 9.22. The molecule has 0 radical (unpaired) electrons. The molecule has 0 aliphatic carbocycles. The van der Waals surface area contributed by atoms with Crippen molar-refractivity contribution in [1.29, 1.82) is 0 Å². The molecular formula is C13H15NO2. The fraction of sp³-hybridized carbons (Fsp3) is 0.154. The van der Waals surface area contributed by atoms with Gasteiger partial charge in [0.25, 0.3) is 0 Å². The molecule has 84 valence electrons. The summed E-state index contributed by atoms with van der Waals surface area (Å²) in [6, 6.07) is 7.43. The summed E-state index contributed by atoms with van der Waals surface area (Å²) in [5.74, 6) is 0. The summed E-state index contributed by atoms with van der Waals surface area (Å²) in [4.78, 5) is 13.0. The zero-order chi connectivity index (χ0) is 12.1. The Hall–Kier alpha value is -2.03. The largest absolute Gasteiger partial charge is 0.452 e. The Balaban J connectivity index is 3.25. The van der Waals surface area contributed by atoms with E-state index in [9.17, 15) is 4.79 Å². The van der Waals surface area contributed by atoms with Crippen LogP contribution < -0.4 is 4.90 Å². The second-order valence-electron chi connectivity index (χ2n) is 3.30. The van der Waals surface area contributed by atoms with Crippen molar-refractivity contribution in [2.75, 3.05) is 12.0 Å². The van der Waals surface area contributed by atoms with Gasteiger partial charge in [-0.1, -0.05) is 37.4 Å². The highest BCUT2D eigenvalue weighted by Crippen LogP contribution is 2.24. The first-order valence-corrected chi connectivity index (χ1v) is 4.87. The van der Waals surface area contributed by atoms with Crippen molar-refractivity contribution in [1.82, 2.24) is 0 Å². The van der Waals surface area contributed by atoms with Gasteiger partial charge in [0.1, 0.15) is 0 Å². The molecule has 0 fully saturated rings. The van der Waals surface area contributed by atoms with E-state index in [4.69, 9.17) is 4.74 Å². The number of carbonyl (C=O) groups is 1. The molecular weight excluding hydrogens is 202 g/mol. The van der Waals surface area contributed by atoms with Crippen LogP contribution in [0.1, 0.15) is 12.5 Å². The van der Waals surface area contributed by atoms with E-state index in [2.05, 4.69) is 13.2 Å². The van der Waals surface area contributed by atoms with Gasteiger partial charge in [-0.25, -0.2) is 4.79 Å². The summed E-state index contributed by atoms with van der Waals surface area (Å²) >= 11 is 0. The number of methoxy groups -OCH3 is 1. The standard InChI is InChI=1S/C13H15NO2/c1-5-11-8-6-7-9-12(11)14(10(2)3)13(15)16-4/h5-9H,1-2H2,3-4H3. The van der Waals surface area contributed by atoms with Gasteiger partial charge in [-0.05, 0) is 18.6 Å². The number of hydrogen-bond donors (Lipinski definition) is 0. The van der Waals surface area contributed by atoms with Gasteiger partial charge in [0, 0.05) is 5.70 Å². The van der Waals surface area contributed by atoms with Crippen molar-refractivity contribution in [3.8, 4) is 0 Å². The Labute approximate surface area is 95.6 Å². The first kappa shape index (κ1) is 12.0. The molecule has 3 nitrogen and oxygen atoms in total. The molecule has 0 atom stereocenters. The molecule has 0 bridgehead atoms. The number of nitrogens with zero attached hydrogens (tertiary/aromatic N) is 1. The van der Waals surface area contributed by atoms with Crippen molar-refractivity contribution in [3.05, 3.63) is 48.7 Å². The van der Waals surface area contributed by atoms with E-state index in [0.29, 0.717) is 5.70 Å². The first-order valence-electron chi connectivity index (χ1n) is 4.87. The minimum atomic E-state index is -0.457. The average Bonchev–Trinajstić information content (AvgIpc) is 2.29. The van der Waals surface area contributed by atoms with Gasteiger partial charge in [-0.2, -0.15) is 0 Å². The minimum Gasteiger partial charge on any atom is -0.452 e. The van der Waals surface area contributed by atoms with Gasteiger partial charge < -0.3 is 4.74 Å². The molecule has 1 aromatic carbocycles. The molecule has 1 aromatic rings. The smallest absolute Gasteiger partial charge is 0.418 e. The summed E-state index contributed by atoms with van der Waals surface area (Å²) in [5.41, 5.74) is 2.17. The predicted octanol–water partition coefficient (Wildman–Crippen LogP) is 3.44. The third kappa shape index (κ3) is 2.31. The topological polar surface area (TPSA) is 29.5 Å². The zero-order valence-electron chi connectivity index (χ0n) is 9.56. The molecule has 0 heterocycles. The van der Waals surface area contributed by atoms with E-state index in [1.807, 2.05) is 24.3 Å². The number of ether oxygens (including phenoxy) is 1. The van der Waals surface area contributed by atoms with E-state index in [1.165, 1.54) is 12.0 Å². The lowest BCUT2D eigenvalue weighted by molar-refractivity contribution is 0.180. The molecule has 0 unspecified atom stereocenters. The van der Waals surface area contributed by atoms with Crippen LogP contribution in [0.15, 0.2) is 43.1 Å². The summed E-state index contributed by atoms with van der Waals surface area (Å²) < 4.78 is 4.72. The number of rotatable bonds is 3. The highest BCUT2D eigenvalue weighted by Gasteiger charge is 2.18. The second kappa shape index (κ2) is 5.16. The van der Waals surface area contributed by atoms with Crippen molar-refractivity contribution < 1.29 is 9.53 Å². The third-order valence-corrected chi connectivity index (χ3v) is 2.14. The van der Waals surface area contributed by atoms with E-state index in [1.54, 1.807) is 13.0 Å². The van der Waals surface area contributed by atoms with Crippen LogP contribution in [-0.2, 0) is 4.74 Å². The van der Waals surface area contributed by atoms with Crippen LogP contribution in [0.4, 0.5) is 10.5 Å². The number of hydrogen-bond acceptors (Lipinski definition) is 2. The highest BCUT2D eigenvalue weighted by molar-refractivity contribution is 5.93. The summed E-state index contributed by atoms with van der Waals surface area (Å²) in [6.07, 6.45) is 1.23. The van der Waals surface area contributed by atoms with E-state index >= 15 is 0 Å². The molecule has 1 rings (SSSR count). The second-order valence-corrected chi connectivity index (χ2v) is 3.30. The Morgan fingerprint density at radius 1 is 1.44 bits per heavy atom. The molecule has 0 spiro atoms. The van der Waals surface area contributed by atoms with Crippen LogP contribution in [0, 0.1) is 0 Å². The monoisotopic (exact) mass is 217 g/mol. The lowest BCUT2D eigenvalue weighted by atomic mass is 10.1. The Kier molecular flexibility index (Phi) is 3.89. The quantitative estimate of drug-likeness (QED) is 0.776. The SMILES string of the molecule is C=Cc1ccccc1N(C(=C)C)C(=O)OC. The molecule has 0 saturated heterocycles. The van der Waals surface area contributed by atoms with Gasteiger partial charge in [0.2, 0.25) is 0 Å². The fourth-order valence-corrected chi connectivity index (χ4v) is 1.41. The summed E-state index contributed by atoms with van der Waals surface area (Å²) in [5, 5.41) is 0.